The van der Waals surface area contributed by atoms with Crippen LogP contribution in [0.5, 0.6) is 0 Å². The Hall–Kier alpha value is -1.16. The van der Waals surface area contributed by atoms with Crippen molar-refractivity contribution in [2.45, 2.75) is 39.3 Å². The quantitative estimate of drug-likeness (QED) is 0.778. The summed E-state index contributed by atoms with van der Waals surface area (Å²) in [5.41, 5.74) is 1.20. The van der Waals surface area contributed by atoms with Crippen molar-refractivity contribution in [3.8, 4) is 0 Å². The van der Waals surface area contributed by atoms with E-state index in [0.29, 0.717) is 18.4 Å². The van der Waals surface area contributed by atoms with E-state index in [1.807, 2.05) is 12.5 Å². The van der Waals surface area contributed by atoms with Crippen LogP contribution in [-0.2, 0) is 11.3 Å². The van der Waals surface area contributed by atoms with E-state index in [2.05, 4.69) is 28.3 Å². The van der Waals surface area contributed by atoms with E-state index >= 15 is 0 Å². The molecule has 0 spiro atoms. The number of piperidine rings is 1. The molecule has 88 valence electrons. The van der Waals surface area contributed by atoms with Crippen LogP contribution in [0.25, 0.3) is 0 Å². The van der Waals surface area contributed by atoms with Gasteiger partial charge in [-0.2, -0.15) is 0 Å². The number of carbonyl (C=O) groups excluding carboxylic acids is 1. The first kappa shape index (κ1) is 11.3. The third kappa shape index (κ3) is 2.50. The first-order valence-electron chi connectivity index (χ1n) is 5.91. The second-order valence-corrected chi connectivity index (χ2v) is 4.74. The molecule has 1 aliphatic rings. The molecular weight excluding hydrogens is 202 g/mol. The fraction of sp³-hybridized carbons (Fsp3) is 0.667. The molecule has 1 aliphatic heterocycles. The van der Waals surface area contributed by atoms with Gasteiger partial charge in [-0.05, 0) is 26.8 Å². The Kier molecular flexibility index (Phi) is 3.39. The predicted molar refractivity (Wildman–Crippen MR) is 62.1 cm³/mol. The van der Waals surface area contributed by atoms with Crippen LogP contribution in [0.2, 0.25) is 0 Å². The number of Topliss-reactive ketones (excluding diaryl/α,β-unsaturated/α-hetero) is 1. The smallest absolute Gasteiger partial charge is 0.146 e. The van der Waals surface area contributed by atoms with Gasteiger partial charge in [0, 0.05) is 25.2 Å². The summed E-state index contributed by atoms with van der Waals surface area (Å²) >= 11 is 0. The first-order chi connectivity index (χ1) is 7.66. The number of ketones is 1. The fourth-order valence-corrected chi connectivity index (χ4v) is 2.19. The lowest BCUT2D eigenvalue weighted by Gasteiger charge is -2.26. The van der Waals surface area contributed by atoms with Crippen LogP contribution in [0.15, 0.2) is 12.5 Å². The van der Waals surface area contributed by atoms with Gasteiger partial charge in [0.1, 0.15) is 5.78 Å². The summed E-state index contributed by atoms with van der Waals surface area (Å²) in [5.74, 6) is 0.363. The maximum Gasteiger partial charge on any atom is 0.146 e. The Balaban J connectivity index is 2.02. The van der Waals surface area contributed by atoms with Crippen molar-refractivity contribution in [3.63, 3.8) is 0 Å². The van der Waals surface area contributed by atoms with Crippen LogP contribution in [0, 0.1) is 0 Å². The van der Waals surface area contributed by atoms with Crippen LogP contribution in [0.4, 0.5) is 0 Å². The van der Waals surface area contributed by atoms with Crippen molar-refractivity contribution in [2.24, 2.45) is 0 Å². The summed E-state index contributed by atoms with van der Waals surface area (Å²) < 4.78 is 2.17. The van der Waals surface area contributed by atoms with Gasteiger partial charge in [0.05, 0.1) is 18.6 Å². The maximum atomic E-state index is 11.4. The lowest BCUT2D eigenvalue weighted by atomic mass is 10.1. The molecular formula is C12H19N3O. The summed E-state index contributed by atoms with van der Waals surface area (Å²) in [7, 11) is 0. The van der Waals surface area contributed by atoms with Gasteiger partial charge in [-0.15, -0.1) is 0 Å². The summed E-state index contributed by atoms with van der Waals surface area (Å²) in [6, 6.07) is 0.429. The van der Waals surface area contributed by atoms with Crippen LogP contribution in [0.3, 0.4) is 0 Å². The summed E-state index contributed by atoms with van der Waals surface area (Å²) in [4.78, 5) is 17.7. The fourth-order valence-electron chi connectivity index (χ4n) is 2.19. The van der Waals surface area contributed by atoms with E-state index in [1.165, 1.54) is 5.69 Å². The summed E-state index contributed by atoms with van der Waals surface area (Å²) in [6.07, 6.45) is 5.51. The van der Waals surface area contributed by atoms with Gasteiger partial charge in [-0.1, -0.05) is 0 Å². The molecule has 0 unspecified atom stereocenters. The first-order valence-corrected chi connectivity index (χ1v) is 5.91. The highest BCUT2D eigenvalue weighted by Gasteiger charge is 2.18. The Morgan fingerprint density at radius 1 is 1.50 bits per heavy atom. The van der Waals surface area contributed by atoms with Crippen LogP contribution in [-0.4, -0.2) is 33.3 Å². The number of likely N-dealkylation sites (tertiary alicyclic amines) is 1. The van der Waals surface area contributed by atoms with Crippen LogP contribution in [0.1, 0.15) is 38.4 Å². The highest BCUT2D eigenvalue weighted by molar-refractivity contribution is 5.81. The van der Waals surface area contributed by atoms with E-state index in [1.54, 1.807) is 0 Å². The monoisotopic (exact) mass is 221 g/mol. The molecule has 0 N–H and O–H groups in total. The second-order valence-electron chi connectivity index (χ2n) is 4.74. The number of nitrogens with zero attached hydrogens (tertiary/aromatic N) is 3. The largest absolute Gasteiger partial charge is 0.331 e. The van der Waals surface area contributed by atoms with Crippen molar-refractivity contribution in [3.05, 3.63) is 18.2 Å². The van der Waals surface area contributed by atoms with Gasteiger partial charge in [0.25, 0.3) is 0 Å². The second kappa shape index (κ2) is 4.78. The van der Waals surface area contributed by atoms with Crippen molar-refractivity contribution >= 4 is 5.78 Å². The molecule has 2 rings (SSSR count). The van der Waals surface area contributed by atoms with E-state index in [4.69, 9.17) is 0 Å². The topological polar surface area (TPSA) is 38.1 Å². The van der Waals surface area contributed by atoms with Gasteiger partial charge in [-0.25, -0.2) is 4.98 Å². The minimum Gasteiger partial charge on any atom is -0.331 e. The van der Waals surface area contributed by atoms with Gasteiger partial charge < -0.3 is 4.57 Å². The number of rotatable bonds is 3. The molecule has 0 atom stereocenters. The lowest BCUT2D eigenvalue weighted by Crippen LogP contribution is -2.35. The van der Waals surface area contributed by atoms with E-state index < -0.39 is 0 Å². The van der Waals surface area contributed by atoms with Crippen molar-refractivity contribution in [2.75, 3.05) is 13.1 Å². The molecule has 2 heterocycles. The third-order valence-corrected chi connectivity index (χ3v) is 3.02. The summed E-state index contributed by atoms with van der Waals surface area (Å²) in [6.45, 7) is 6.75. The van der Waals surface area contributed by atoms with Crippen molar-refractivity contribution < 1.29 is 4.79 Å². The van der Waals surface area contributed by atoms with Gasteiger partial charge in [-0.3, -0.25) is 9.69 Å². The number of hydrogen-bond donors (Lipinski definition) is 0. The molecule has 1 fully saturated rings. The molecule has 0 aliphatic carbocycles. The summed E-state index contributed by atoms with van der Waals surface area (Å²) in [5, 5.41) is 0. The van der Waals surface area contributed by atoms with Gasteiger partial charge in [0.2, 0.25) is 0 Å². The number of imidazole rings is 1. The average molecular weight is 221 g/mol. The van der Waals surface area contributed by atoms with Gasteiger partial charge in [0.15, 0.2) is 0 Å². The molecule has 0 amide bonds. The van der Waals surface area contributed by atoms with E-state index in [-0.39, 0.29) is 0 Å². The van der Waals surface area contributed by atoms with Crippen molar-refractivity contribution in [1.29, 1.82) is 0 Å². The number of hydrogen-bond acceptors (Lipinski definition) is 3. The molecule has 1 aromatic heterocycles. The Morgan fingerprint density at radius 2 is 2.31 bits per heavy atom. The van der Waals surface area contributed by atoms with Crippen molar-refractivity contribution in [1.82, 2.24) is 14.5 Å². The average Bonchev–Trinajstić information content (AvgIpc) is 2.66. The molecule has 0 bridgehead atoms. The molecule has 1 aromatic rings. The Bertz CT molecular complexity index is 370. The highest BCUT2D eigenvalue weighted by Crippen LogP contribution is 2.14. The zero-order valence-electron chi connectivity index (χ0n) is 10.0. The predicted octanol–water partition coefficient (Wildman–Crippen LogP) is 1.63. The van der Waals surface area contributed by atoms with E-state index in [0.717, 1.165) is 25.9 Å². The lowest BCUT2D eigenvalue weighted by molar-refractivity contribution is -0.122. The number of carbonyl (C=O) groups is 1. The third-order valence-electron chi connectivity index (χ3n) is 3.02. The highest BCUT2D eigenvalue weighted by atomic mass is 16.1. The molecule has 16 heavy (non-hydrogen) atoms. The molecule has 1 saturated heterocycles. The number of aromatic nitrogens is 2. The Labute approximate surface area is 96.3 Å². The van der Waals surface area contributed by atoms with Crippen LogP contribution >= 0.6 is 0 Å². The standard InChI is InChI=1S/C12H19N3O/c1-10(2)15-9-13-6-11(15)7-14-5-3-4-12(16)8-14/h6,9-10H,3-5,7-8H2,1-2H3. The SMILES string of the molecule is CC(C)n1cncc1CN1CCCC(=O)C1. The molecule has 0 saturated carbocycles. The zero-order valence-corrected chi connectivity index (χ0v) is 10.0. The maximum absolute atomic E-state index is 11.4. The molecule has 4 heteroatoms. The molecule has 0 radical (unpaired) electrons. The van der Waals surface area contributed by atoms with E-state index in [9.17, 15) is 4.79 Å². The van der Waals surface area contributed by atoms with Gasteiger partial charge >= 0.3 is 0 Å². The minimum atomic E-state index is 0.363. The Morgan fingerprint density at radius 3 is 3.00 bits per heavy atom. The minimum absolute atomic E-state index is 0.363. The molecule has 4 nitrogen and oxygen atoms in total. The normalized spacial score (nSPS) is 18.3. The van der Waals surface area contributed by atoms with Crippen LogP contribution < -0.4 is 0 Å². The zero-order chi connectivity index (χ0) is 11.5. The molecule has 0 aromatic carbocycles.